The third kappa shape index (κ3) is 1.69. The number of imidazole rings is 1. The lowest BCUT2D eigenvalue weighted by atomic mass is 10.2. The molecule has 0 radical (unpaired) electrons. The highest BCUT2D eigenvalue weighted by atomic mass is 35.5. The molecule has 18 heavy (non-hydrogen) atoms. The molecule has 92 valence electrons. The van der Waals surface area contributed by atoms with Crippen LogP contribution in [0.1, 0.15) is 24.6 Å². The van der Waals surface area contributed by atoms with Gasteiger partial charge in [-0.2, -0.15) is 0 Å². The highest BCUT2D eigenvalue weighted by Crippen LogP contribution is 2.26. The lowest BCUT2D eigenvalue weighted by Gasteiger charge is -2.14. The molecule has 0 bridgehead atoms. The standard InChI is InChI=1S/C13H12ClN3O/c1-9(12-3-2-6-18-12)17-11-4-5-15-8-10(11)16-13(17)7-14/h2-6,8-9H,7H2,1H3. The van der Waals surface area contributed by atoms with Gasteiger partial charge in [-0.05, 0) is 25.1 Å². The van der Waals surface area contributed by atoms with Crippen LogP contribution in [-0.4, -0.2) is 14.5 Å². The Morgan fingerprint density at radius 3 is 3.06 bits per heavy atom. The molecule has 4 nitrogen and oxygen atoms in total. The zero-order valence-corrected chi connectivity index (χ0v) is 10.6. The maximum Gasteiger partial charge on any atom is 0.126 e. The molecule has 0 spiro atoms. The molecule has 1 atom stereocenters. The number of hydrogen-bond acceptors (Lipinski definition) is 3. The first-order valence-corrected chi connectivity index (χ1v) is 6.25. The van der Waals surface area contributed by atoms with Crippen LogP contribution in [0.25, 0.3) is 11.0 Å². The molecule has 5 heteroatoms. The average Bonchev–Trinajstić information content (AvgIpc) is 3.04. The highest BCUT2D eigenvalue weighted by Gasteiger charge is 2.18. The van der Waals surface area contributed by atoms with Gasteiger partial charge < -0.3 is 8.98 Å². The van der Waals surface area contributed by atoms with Gasteiger partial charge in [0.05, 0.1) is 29.9 Å². The molecule has 0 fully saturated rings. The van der Waals surface area contributed by atoms with Crippen molar-refractivity contribution in [2.24, 2.45) is 0 Å². The van der Waals surface area contributed by atoms with E-state index < -0.39 is 0 Å². The summed E-state index contributed by atoms with van der Waals surface area (Å²) in [5.74, 6) is 2.07. The summed E-state index contributed by atoms with van der Waals surface area (Å²) in [5.41, 5.74) is 1.87. The number of halogens is 1. The second kappa shape index (κ2) is 4.46. The van der Waals surface area contributed by atoms with E-state index in [1.165, 1.54) is 0 Å². The molecule has 3 heterocycles. The van der Waals surface area contributed by atoms with Gasteiger partial charge in [-0.25, -0.2) is 4.98 Å². The average molecular weight is 262 g/mol. The first kappa shape index (κ1) is 11.3. The minimum Gasteiger partial charge on any atom is -0.467 e. The summed E-state index contributed by atoms with van der Waals surface area (Å²) in [5, 5.41) is 0. The van der Waals surface area contributed by atoms with Crippen molar-refractivity contribution in [1.82, 2.24) is 14.5 Å². The maximum absolute atomic E-state index is 5.97. The Morgan fingerprint density at radius 2 is 2.33 bits per heavy atom. The van der Waals surface area contributed by atoms with Gasteiger partial charge in [0, 0.05) is 6.20 Å². The fourth-order valence-electron chi connectivity index (χ4n) is 2.18. The molecule has 0 saturated carbocycles. The Morgan fingerprint density at radius 1 is 1.44 bits per heavy atom. The van der Waals surface area contributed by atoms with Crippen LogP contribution in [0.3, 0.4) is 0 Å². The predicted octanol–water partition coefficient (Wildman–Crippen LogP) is 3.37. The monoisotopic (exact) mass is 261 g/mol. The first-order chi connectivity index (χ1) is 8.81. The largest absolute Gasteiger partial charge is 0.467 e. The Kier molecular flexibility index (Phi) is 2.80. The Hall–Kier alpha value is -1.81. The van der Waals surface area contributed by atoms with Gasteiger partial charge in [0.25, 0.3) is 0 Å². The predicted molar refractivity (Wildman–Crippen MR) is 69.6 cm³/mol. The summed E-state index contributed by atoms with van der Waals surface area (Å²) in [7, 11) is 0. The smallest absolute Gasteiger partial charge is 0.126 e. The van der Waals surface area contributed by atoms with Crippen molar-refractivity contribution in [3.63, 3.8) is 0 Å². The number of aromatic nitrogens is 3. The van der Waals surface area contributed by atoms with E-state index >= 15 is 0 Å². The van der Waals surface area contributed by atoms with Crippen LogP contribution < -0.4 is 0 Å². The van der Waals surface area contributed by atoms with Crippen LogP contribution in [0.5, 0.6) is 0 Å². The topological polar surface area (TPSA) is 43.9 Å². The zero-order chi connectivity index (χ0) is 12.5. The fraction of sp³-hybridized carbons (Fsp3) is 0.231. The summed E-state index contributed by atoms with van der Waals surface area (Å²) >= 11 is 5.97. The van der Waals surface area contributed by atoms with Crippen molar-refractivity contribution >= 4 is 22.6 Å². The molecule has 0 N–H and O–H groups in total. The van der Waals surface area contributed by atoms with E-state index in [4.69, 9.17) is 16.0 Å². The lowest BCUT2D eigenvalue weighted by Crippen LogP contribution is -2.09. The summed E-state index contributed by atoms with van der Waals surface area (Å²) in [4.78, 5) is 8.57. The molecule has 0 amide bonds. The molecular formula is C13H12ClN3O. The minimum atomic E-state index is 0.0566. The zero-order valence-electron chi connectivity index (χ0n) is 9.88. The molecule has 3 rings (SSSR count). The van der Waals surface area contributed by atoms with E-state index in [1.807, 2.05) is 18.2 Å². The van der Waals surface area contributed by atoms with Gasteiger partial charge in [-0.3, -0.25) is 4.98 Å². The van der Waals surface area contributed by atoms with Crippen molar-refractivity contribution in [2.45, 2.75) is 18.8 Å². The van der Waals surface area contributed by atoms with Crippen LogP contribution in [0, 0.1) is 0 Å². The summed E-state index contributed by atoms with van der Waals surface area (Å²) in [6.07, 6.45) is 5.18. The summed E-state index contributed by atoms with van der Waals surface area (Å²) in [6, 6.07) is 5.83. The molecule has 0 aliphatic rings. The number of fused-ring (bicyclic) bond motifs is 1. The Balaban J connectivity index is 2.20. The fourth-order valence-corrected chi connectivity index (χ4v) is 2.37. The number of hydrogen-bond donors (Lipinski definition) is 0. The van der Waals surface area contributed by atoms with E-state index in [-0.39, 0.29) is 6.04 Å². The van der Waals surface area contributed by atoms with Crippen LogP contribution in [0.4, 0.5) is 0 Å². The van der Waals surface area contributed by atoms with Crippen molar-refractivity contribution in [3.05, 3.63) is 48.4 Å². The Labute approximate surface area is 109 Å². The summed E-state index contributed by atoms with van der Waals surface area (Å²) in [6.45, 7) is 2.07. The number of pyridine rings is 1. The van der Waals surface area contributed by atoms with Gasteiger partial charge in [-0.15, -0.1) is 11.6 Å². The van der Waals surface area contributed by atoms with Gasteiger partial charge in [-0.1, -0.05) is 0 Å². The number of rotatable bonds is 3. The third-order valence-electron chi connectivity index (χ3n) is 3.03. The van der Waals surface area contributed by atoms with Gasteiger partial charge in [0.2, 0.25) is 0 Å². The van der Waals surface area contributed by atoms with Crippen molar-refractivity contribution in [1.29, 1.82) is 0 Å². The van der Waals surface area contributed by atoms with Crippen LogP contribution in [0.2, 0.25) is 0 Å². The molecule has 1 unspecified atom stereocenters. The molecular weight excluding hydrogens is 250 g/mol. The van der Waals surface area contributed by atoms with E-state index in [0.717, 1.165) is 22.6 Å². The van der Waals surface area contributed by atoms with Gasteiger partial charge in [0.15, 0.2) is 0 Å². The molecule has 0 aromatic carbocycles. The second-order valence-electron chi connectivity index (χ2n) is 4.09. The van der Waals surface area contributed by atoms with Crippen LogP contribution in [-0.2, 0) is 5.88 Å². The number of alkyl halides is 1. The molecule has 3 aromatic heterocycles. The normalized spacial score (nSPS) is 13.0. The highest BCUT2D eigenvalue weighted by molar-refractivity contribution is 6.16. The molecule has 0 saturated heterocycles. The molecule has 3 aromatic rings. The minimum absolute atomic E-state index is 0.0566. The second-order valence-corrected chi connectivity index (χ2v) is 4.35. The van der Waals surface area contributed by atoms with Gasteiger partial charge in [0.1, 0.15) is 17.1 Å². The maximum atomic E-state index is 5.97. The third-order valence-corrected chi connectivity index (χ3v) is 3.27. The van der Waals surface area contributed by atoms with E-state index in [9.17, 15) is 0 Å². The van der Waals surface area contributed by atoms with E-state index in [0.29, 0.717) is 5.88 Å². The van der Waals surface area contributed by atoms with Crippen molar-refractivity contribution < 1.29 is 4.42 Å². The quantitative estimate of drug-likeness (QED) is 0.679. The van der Waals surface area contributed by atoms with Gasteiger partial charge >= 0.3 is 0 Å². The number of nitrogens with zero attached hydrogens (tertiary/aromatic N) is 3. The molecule has 0 aliphatic heterocycles. The van der Waals surface area contributed by atoms with Crippen molar-refractivity contribution in [3.8, 4) is 0 Å². The van der Waals surface area contributed by atoms with Crippen LogP contribution in [0.15, 0.2) is 41.3 Å². The molecule has 0 aliphatic carbocycles. The summed E-state index contributed by atoms with van der Waals surface area (Å²) < 4.78 is 7.55. The van der Waals surface area contributed by atoms with Crippen molar-refractivity contribution in [2.75, 3.05) is 0 Å². The lowest BCUT2D eigenvalue weighted by molar-refractivity contribution is 0.446. The number of furan rings is 1. The first-order valence-electron chi connectivity index (χ1n) is 5.71. The van der Waals surface area contributed by atoms with Crippen LogP contribution >= 0.6 is 11.6 Å². The van der Waals surface area contributed by atoms with E-state index in [1.54, 1.807) is 18.7 Å². The van der Waals surface area contributed by atoms with E-state index in [2.05, 4.69) is 21.5 Å². The SMILES string of the molecule is CC(c1ccco1)n1c(CCl)nc2cnccc21. The Bertz CT molecular complexity index is 660.